The molecule has 4 nitrogen and oxygen atoms in total. The maximum Gasteiger partial charge on any atom is 0.196 e. The molecular weight excluding hydrogens is 352 g/mol. The Labute approximate surface area is 157 Å². The van der Waals surface area contributed by atoms with E-state index in [1.807, 2.05) is 42.5 Å². The number of hydrogen-bond donors (Lipinski definition) is 0. The van der Waals surface area contributed by atoms with Crippen LogP contribution < -0.4 is 0 Å². The predicted molar refractivity (Wildman–Crippen MR) is 106 cm³/mol. The van der Waals surface area contributed by atoms with Crippen molar-refractivity contribution in [2.75, 3.05) is 26.4 Å². The summed E-state index contributed by atoms with van der Waals surface area (Å²) in [7, 11) is 4.18. The van der Waals surface area contributed by atoms with Crippen molar-refractivity contribution in [1.29, 1.82) is 0 Å². The van der Waals surface area contributed by atoms with Crippen molar-refractivity contribution in [3.63, 3.8) is 0 Å². The van der Waals surface area contributed by atoms with Gasteiger partial charge in [0.25, 0.3) is 0 Å². The summed E-state index contributed by atoms with van der Waals surface area (Å²) < 4.78 is 2.10. The summed E-state index contributed by atoms with van der Waals surface area (Å²) in [6, 6.07) is 17.9. The second-order valence-electron chi connectivity index (χ2n) is 5.99. The van der Waals surface area contributed by atoms with Crippen LogP contribution in [0.15, 0.2) is 59.8 Å². The van der Waals surface area contributed by atoms with Gasteiger partial charge in [0.05, 0.1) is 0 Å². The molecule has 0 aliphatic carbocycles. The van der Waals surface area contributed by atoms with Crippen molar-refractivity contribution >= 4 is 23.4 Å². The van der Waals surface area contributed by atoms with Crippen LogP contribution in [0.25, 0.3) is 17.1 Å². The molecule has 6 heteroatoms. The smallest absolute Gasteiger partial charge is 0.196 e. The van der Waals surface area contributed by atoms with E-state index in [1.165, 1.54) is 0 Å². The van der Waals surface area contributed by atoms with E-state index in [1.54, 1.807) is 11.8 Å². The Bertz CT molecular complexity index is 817. The number of hydrogen-bond acceptors (Lipinski definition) is 4. The van der Waals surface area contributed by atoms with Crippen LogP contribution in [-0.2, 0) is 0 Å². The maximum absolute atomic E-state index is 6.16. The van der Waals surface area contributed by atoms with Gasteiger partial charge in [-0.1, -0.05) is 53.7 Å². The normalized spacial score (nSPS) is 11.2. The molecule has 0 bridgehead atoms. The molecule has 0 aliphatic rings. The van der Waals surface area contributed by atoms with Crippen molar-refractivity contribution in [3.05, 3.63) is 59.6 Å². The van der Waals surface area contributed by atoms with Crippen LogP contribution in [0.2, 0.25) is 5.02 Å². The molecule has 2 aromatic carbocycles. The molecule has 3 aromatic rings. The molecule has 0 saturated heterocycles. The van der Waals surface area contributed by atoms with E-state index < -0.39 is 0 Å². The summed E-state index contributed by atoms with van der Waals surface area (Å²) >= 11 is 7.90. The highest BCUT2D eigenvalue weighted by Crippen LogP contribution is 2.29. The third kappa shape index (κ3) is 4.63. The lowest BCUT2D eigenvalue weighted by Gasteiger charge is -2.11. The Morgan fingerprint density at radius 3 is 2.56 bits per heavy atom. The highest BCUT2D eigenvalue weighted by atomic mass is 35.5. The average molecular weight is 373 g/mol. The zero-order valence-electron chi connectivity index (χ0n) is 14.4. The largest absolute Gasteiger partial charge is 0.309 e. The summed E-state index contributed by atoms with van der Waals surface area (Å²) in [6.45, 7) is 1.06. The van der Waals surface area contributed by atoms with E-state index in [0.29, 0.717) is 5.02 Å². The highest BCUT2D eigenvalue weighted by Gasteiger charge is 2.16. The first-order valence-corrected chi connectivity index (χ1v) is 9.56. The number of rotatable bonds is 7. The molecule has 0 fully saturated rings. The van der Waals surface area contributed by atoms with Crippen LogP contribution >= 0.6 is 23.4 Å². The van der Waals surface area contributed by atoms with Gasteiger partial charge in [-0.2, -0.15) is 0 Å². The molecule has 1 heterocycles. The zero-order valence-corrected chi connectivity index (χ0v) is 16.0. The van der Waals surface area contributed by atoms with Crippen molar-refractivity contribution in [2.24, 2.45) is 0 Å². The monoisotopic (exact) mass is 372 g/mol. The minimum Gasteiger partial charge on any atom is -0.309 e. The average Bonchev–Trinajstić information content (AvgIpc) is 3.03. The highest BCUT2D eigenvalue weighted by molar-refractivity contribution is 7.99. The fourth-order valence-electron chi connectivity index (χ4n) is 2.53. The van der Waals surface area contributed by atoms with E-state index in [2.05, 4.69) is 45.9 Å². The van der Waals surface area contributed by atoms with Gasteiger partial charge in [-0.05, 0) is 51.3 Å². The van der Waals surface area contributed by atoms with E-state index in [4.69, 9.17) is 11.6 Å². The Morgan fingerprint density at radius 2 is 1.84 bits per heavy atom. The van der Waals surface area contributed by atoms with Crippen LogP contribution in [0, 0.1) is 0 Å². The SMILES string of the molecule is CN(C)CCCSc1nnc(-c2cccc(Cl)c2)n1-c1ccccc1. The minimum atomic E-state index is 0.695. The van der Waals surface area contributed by atoms with Gasteiger partial charge >= 0.3 is 0 Å². The lowest BCUT2D eigenvalue weighted by atomic mass is 10.2. The maximum atomic E-state index is 6.16. The molecule has 130 valence electrons. The number of thioether (sulfide) groups is 1. The van der Waals surface area contributed by atoms with Gasteiger partial charge in [-0.3, -0.25) is 4.57 Å². The number of halogens is 1. The quantitative estimate of drug-likeness (QED) is 0.447. The molecule has 0 radical (unpaired) electrons. The summed E-state index contributed by atoms with van der Waals surface area (Å²) in [5.74, 6) is 1.81. The Kier molecular flexibility index (Phi) is 6.13. The van der Waals surface area contributed by atoms with E-state index in [0.717, 1.165) is 41.0 Å². The van der Waals surface area contributed by atoms with Crippen molar-refractivity contribution < 1.29 is 0 Å². The van der Waals surface area contributed by atoms with Crippen molar-refractivity contribution in [1.82, 2.24) is 19.7 Å². The van der Waals surface area contributed by atoms with E-state index in [9.17, 15) is 0 Å². The minimum absolute atomic E-state index is 0.695. The first-order valence-electron chi connectivity index (χ1n) is 8.19. The first kappa shape index (κ1) is 18.0. The molecule has 0 atom stereocenters. The molecule has 1 aromatic heterocycles. The second-order valence-corrected chi connectivity index (χ2v) is 7.49. The first-order chi connectivity index (χ1) is 12.1. The van der Waals surface area contributed by atoms with Gasteiger partial charge in [0.1, 0.15) is 0 Å². The Hall–Kier alpha value is -1.82. The van der Waals surface area contributed by atoms with Gasteiger partial charge in [-0.25, -0.2) is 0 Å². The van der Waals surface area contributed by atoms with Crippen LogP contribution in [0.4, 0.5) is 0 Å². The third-order valence-corrected chi connectivity index (χ3v) is 4.96. The second kappa shape index (κ2) is 8.52. The van der Waals surface area contributed by atoms with E-state index in [-0.39, 0.29) is 0 Å². The number of nitrogens with zero attached hydrogens (tertiary/aromatic N) is 4. The molecule has 0 spiro atoms. The van der Waals surface area contributed by atoms with Crippen molar-refractivity contribution in [3.8, 4) is 17.1 Å². The topological polar surface area (TPSA) is 34.0 Å². The van der Waals surface area contributed by atoms with Gasteiger partial charge < -0.3 is 4.90 Å². The van der Waals surface area contributed by atoms with Gasteiger partial charge in [0, 0.05) is 22.0 Å². The molecule has 0 unspecified atom stereocenters. The predicted octanol–water partition coefficient (Wildman–Crippen LogP) is 4.63. The van der Waals surface area contributed by atoms with Crippen LogP contribution in [0.1, 0.15) is 6.42 Å². The lowest BCUT2D eigenvalue weighted by Crippen LogP contribution is -2.13. The number of benzene rings is 2. The summed E-state index contributed by atoms with van der Waals surface area (Å²) in [6.07, 6.45) is 1.10. The van der Waals surface area contributed by atoms with Gasteiger partial charge in [0.2, 0.25) is 0 Å². The van der Waals surface area contributed by atoms with Crippen LogP contribution in [0.3, 0.4) is 0 Å². The Morgan fingerprint density at radius 1 is 1.04 bits per heavy atom. The van der Waals surface area contributed by atoms with E-state index >= 15 is 0 Å². The fraction of sp³-hybridized carbons (Fsp3) is 0.263. The summed E-state index contributed by atoms with van der Waals surface area (Å²) in [5.41, 5.74) is 2.02. The number of aromatic nitrogens is 3. The summed E-state index contributed by atoms with van der Waals surface area (Å²) in [4.78, 5) is 2.19. The molecule has 0 saturated carbocycles. The van der Waals surface area contributed by atoms with Gasteiger partial charge in [-0.15, -0.1) is 10.2 Å². The standard InChI is InChI=1S/C19H21ClN4S/c1-23(2)12-7-13-25-19-22-21-18(15-8-6-9-16(20)14-15)24(19)17-10-4-3-5-11-17/h3-6,8-11,14H,7,12-13H2,1-2H3. The zero-order chi connectivity index (χ0) is 17.6. The molecular formula is C19H21ClN4S. The lowest BCUT2D eigenvalue weighted by molar-refractivity contribution is 0.410. The third-order valence-electron chi connectivity index (χ3n) is 3.71. The van der Waals surface area contributed by atoms with Gasteiger partial charge in [0.15, 0.2) is 11.0 Å². The number of para-hydroxylation sites is 1. The molecule has 25 heavy (non-hydrogen) atoms. The van der Waals surface area contributed by atoms with Crippen LogP contribution in [-0.4, -0.2) is 46.1 Å². The Balaban J connectivity index is 1.93. The molecule has 3 rings (SSSR count). The molecule has 0 aliphatic heterocycles. The molecule has 0 N–H and O–H groups in total. The fourth-order valence-corrected chi connectivity index (χ4v) is 3.60. The van der Waals surface area contributed by atoms with Crippen molar-refractivity contribution in [2.45, 2.75) is 11.6 Å². The molecule has 0 amide bonds. The summed E-state index contributed by atoms with van der Waals surface area (Å²) in [5, 5.41) is 10.5. The van der Waals surface area contributed by atoms with Crippen LogP contribution in [0.5, 0.6) is 0 Å².